The van der Waals surface area contributed by atoms with Gasteiger partial charge in [-0.05, 0) is 27.2 Å². The van der Waals surface area contributed by atoms with Crippen molar-refractivity contribution < 1.29 is 9.53 Å². The summed E-state index contributed by atoms with van der Waals surface area (Å²) in [4.78, 5) is 13.6. The van der Waals surface area contributed by atoms with Gasteiger partial charge in [-0.15, -0.1) is 0 Å². The number of hydrogen-bond donors (Lipinski definition) is 0. The predicted molar refractivity (Wildman–Crippen MR) is 57.6 cm³/mol. The van der Waals surface area contributed by atoms with E-state index >= 15 is 0 Å². The number of hydrogen-bond acceptors (Lipinski definition) is 3. The fraction of sp³-hybridized carbons (Fsp3) is 0.900. The van der Waals surface area contributed by atoms with Gasteiger partial charge in [0, 0.05) is 23.6 Å². The standard InChI is InChI=1S/C10H17NO2S/c1-10(2,3)13-9(12)11-5-8-4-7(11)6-14-8/h7-8H,4-6H2,1-3H3. The SMILES string of the molecule is CC(C)(C)OC(=O)N1CC2CC1CS2. The molecule has 4 heteroatoms. The van der Waals surface area contributed by atoms with Crippen LogP contribution in [0, 0.1) is 0 Å². The zero-order chi connectivity index (χ0) is 10.3. The van der Waals surface area contributed by atoms with Crippen LogP contribution in [0.5, 0.6) is 0 Å². The molecule has 0 N–H and O–H groups in total. The van der Waals surface area contributed by atoms with E-state index in [1.807, 2.05) is 37.4 Å². The Morgan fingerprint density at radius 2 is 2.21 bits per heavy atom. The lowest BCUT2D eigenvalue weighted by Gasteiger charge is -2.29. The Morgan fingerprint density at radius 1 is 1.50 bits per heavy atom. The third-order valence-corrected chi connectivity index (χ3v) is 3.92. The van der Waals surface area contributed by atoms with Crippen LogP contribution < -0.4 is 0 Å². The van der Waals surface area contributed by atoms with Crippen LogP contribution >= 0.6 is 11.8 Å². The van der Waals surface area contributed by atoms with E-state index in [9.17, 15) is 4.79 Å². The Labute approximate surface area is 89.2 Å². The van der Waals surface area contributed by atoms with Gasteiger partial charge in [0.25, 0.3) is 0 Å². The van der Waals surface area contributed by atoms with E-state index < -0.39 is 0 Å². The van der Waals surface area contributed by atoms with Crippen molar-refractivity contribution in [3.63, 3.8) is 0 Å². The highest BCUT2D eigenvalue weighted by molar-refractivity contribution is 8.00. The maximum absolute atomic E-state index is 11.7. The zero-order valence-corrected chi connectivity index (χ0v) is 9.76. The Kier molecular flexibility index (Phi) is 2.41. The summed E-state index contributed by atoms with van der Waals surface area (Å²) in [6.07, 6.45) is 1.02. The summed E-state index contributed by atoms with van der Waals surface area (Å²) in [6.45, 7) is 6.61. The number of likely N-dealkylation sites (tertiary alicyclic amines) is 1. The number of ether oxygens (including phenoxy) is 1. The first-order chi connectivity index (χ1) is 6.46. The molecule has 0 aromatic rings. The molecular weight excluding hydrogens is 198 g/mol. The van der Waals surface area contributed by atoms with E-state index in [1.165, 1.54) is 0 Å². The molecule has 2 fully saturated rings. The van der Waals surface area contributed by atoms with E-state index in [1.54, 1.807) is 0 Å². The van der Waals surface area contributed by atoms with Crippen molar-refractivity contribution in [1.29, 1.82) is 0 Å². The van der Waals surface area contributed by atoms with Crippen LogP contribution in [0.25, 0.3) is 0 Å². The highest BCUT2D eigenvalue weighted by Gasteiger charge is 2.42. The number of carbonyl (C=O) groups excluding carboxylic acids is 1. The maximum Gasteiger partial charge on any atom is 0.410 e. The lowest BCUT2D eigenvalue weighted by atomic mass is 10.2. The minimum absolute atomic E-state index is 0.134. The molecule has 80 valence electrons. The largest absolute Gasteiger partial charge is 0.444 e. The Morgan fingerprint density at radius 3 is 2.64 bits per heavy atom. The van der Waals surface area contributed by atoms with Crippen LogP contribution in [0.4, 0.5) is 4.79 Å². The van der Waals surface area contributed by atoms with Gasteiger partial charge in [-0.2, -0.15) is 11.8 Å². The highest BCUT2D eigenvalue weighted by atomic mass is 32.2. The molecule has 3 nitrogen and oxygen atoms in total. The Balaban J connectivity index is 1.93. The average Bonchev–Trinajstić information content (AvgIpc) is 2.59. The van der Waals surface area contributed by atoms with Gasteiger partial charge in [-0.25, -0.2) is 4.79 Å². The second-order valence-electron chi connectivity index (χ2n) is 4.98. The molecule has 2 saturated heterocycles. The molecule has 2 heterocycles. The summed E-state index contributed by atoms with van der Waals surface area (Å²) in [7, 11) is 0. The molecule has 0 saturated carbocycles. The van der Waals surface area contributed by atoms with Crippen molar-refractivity contribution in [2.45, 2.75) is 44.1 Å². The van der Waals surface area contributed by atoms with Crippen LogP contribution in [-0.4, -0.2) is 40.2 Å². The van der Waals surface area contributed by atoms with Crippen LogP contribution in [-0.2, 0) is 4.74 Å². The summed E-state index contributed by atoms with van der Waals surface area (Å²) >= 11 is 1.98. The number of nitrogens with zero attached hydrogens (tertiary/aromatic N) is 1. The number of carbonyl (C=O) groups is 1. The maximum atomic E-state index is 11.7. The minimum Gasteiger partial charge on any atom is -0.444 e. The molecule has 0 aliphatic carbocycles. The lowest BCUT2D eigenvalue weighted by molar-refractivity contribution is 0.0239. The summed E-state index contributed by atoms with van der Waals surface area (Å²) in [5, 5.41) is 0.660. The predicted octanol–water partition coefficient (Wildman–Crippen LogP) is 2.11. The van der Waals surface area contributed by atoms with Gasteiger partial charge in [0.15, 0.2) is 0 Å². The molecule has 0 aromatic carbocycles. The second-order valence-corrected chi connectivity index (χ2v) is 6.31. The molecule has 2 rings (SSSR count). The molecule has 1 amide bonds. The second kappa shape index (κ2) is 3.33. The lowest BCUT2D eigenvalue weighted by Crippen LogP contribution is -2.42. The summed E-state index contributed by atoms with van der Waals surface area (Å²) in [5.74, 6) is 1.09. The molecule has 0 radical (unpaired) electrons. The molecule has 0 aromatic heterocycles. The van der Waals surface area contributed by atoms with Gasteiger partial charge in [-0.1, -0.05) is 0 Å². The van der Waals surface area contributed by atoms with Crippen LogP contribution in [0.2, 0.25) is 0 Å². The number of amides is 1. The van der Waals surface area contributed by atoms with Crippen molar-refractivity contribution in [3.05, 3.63) is 0 Å². The van der Waals surface area contributed by atoms with Gasteiger partial charge in [0.1, 0.15) is 5.60 Å². The number of thioether (sulfide) groups is 1. The van der Waals surface area contributed by atoms with Crippen molar-refractivity contribution in [2.75, 3.05) is 12.3 Å². The first-order valence-corrected chi connectivity index (χ1v) is 6.12. The summed E-state index contributed by atoms with van der Waals surface area (Å²) < 4.78 is 5.35. The molecule has 2 aliphatic heterocycles. The van der Waals surface area contributed by atoms with Crippen molar-refractivity contribution in [2.24, 2.45) is 0 Å². The number of rotatable bonds is 0. The first-order valence-electron chi connectivity index (χ1n) is 5.07. The smallest absolute Gasteiger partial charge is 0.410 e. The average molecular weight is 215 g/mol. The summed E-state index contributed by atoms with van der Waals surface area (Å²) in [5.41, 5.74) is -0.369. The van der Waals surface area contributed by atoms with E-state index in [0.29, 0.717) is 11.3 Å². The van der Waals surface area contributed by atoms with Crippen molar-refractivity contribution in [1.82, 2.24) is 4.90 Å². The van der Waals surface area contributed by atoms with Gasteiger partial charge in [0.05, 0.1) is 0 Å². The van der Waals surface area contributed by atoms with Gasteiger partial charge in [-0.3, -0.25) is 0 Å². The first kappa shape index (κ1) is 10.1. The quantitative estimate of drug-likeness (QED) is 0.620. The topological polar surface area (TPSA) is 29.5 Å². The van der Waals surface area contributed by atoms with Gasteiger partial charge >= 0.3 is 6.09 Å². The van der Waals surface area contributed by atoms with Crippen molar-refractivity contribution >= 4 is 17.9 Å². The molecular formula is C10H17NO2S. The minimum atomic E-state index is -0.369. The molecule has 0 spiro atoms. The Hall–Kier alpha value is -0.380. The molecule has 2 atom stereocenters. The molecule has 2 aliphatic rings. The highest BCUT2D eigenvalue weighted by Crippen LogP contribution is 2.37. The number of fused-ring (bicyclic) bond motifs is 2. The molecule has 2 unspecified atom stereocenters. The van der Waals surface area contributed by atoms with Crippen LogP contribution in [0.15, 0.2) is 0 Å². The normalized spacial score (nSPS) is 30.9. The van der Waals surface area contributed by atoms with Crippen molar-refractivity contribution in [3.8, 4) is 0 Å². The molecule has 14 heavy (non-hydrogen) atoms. The summed E-state index contributed by atoms with van der Waals surface area (Å²) in [6, 6.07) is 0.430. The van der Waals surface area contributed by atoms with Crippen LogP contribution in [0.3, 0.4) is 0 Å². The fourth-order valence-electron chi connectivity index (χ4n) is 1.94. The van der Waals surface area contributed by atoms with Gasteiger partial charge < -0.3 is 9.64 Å². The van der Waals surface area contributed by atoms with Gasteiger partial charge in [0.2, 0.25) is 0 Å². The van der Waals surface area contributed by atoms with E-state index in [0.717, 1.165) is 18.7 Å². The third kappa shape index (κ3) is 2.00. The monoisotopic (exact) mass is 215 g/mol. The zero-order valence-electron chi connectivity index (χ0n) is 8.95. The fourth-order valence-corrected chi connectivity index (χ4v) is 3.38. The van der Waals surface area contributed by atoms with E-state index in [4.69, 9.17) is 4.74 Å². The van der Waals surface area contributed by atoms with E-state index in [-0.39, 0.29) is 11.7 Å². The third-order valence-electron chi connectivity index (χ3n) is 2.53. The van der Waals surface area contributed by atoms with Crippen LogP contribution in [0.1, 0.15) is 27.2 Å². The van der Waals surface area contributed by atoms with E-state index in [2.05, 4.69) is 0 Å². The molecule has 2 bridgehead atoms. The Bertz CT molecular complexity index is 249.